The third-order valence-corrected chi connectivity index (χ3v) is 6.48. The second-order valence-corrected chi connectivity index (χ2v) is 8.32. The Hall–Kier alpha value is -1.24. The summed E-state index contributed by atoms with van der Waals surface area (Å²) in [6.07, 6.45) is 5.19. The fraction of sp³-hybridized carbons (Fsp3) is 0.667. The lowest BCUT2D eigenvalue weighted by Gasteiger charge is -2.23. The molecule has 2 aliphatic rings. The van der Waals surface area contributed by atoms with Gasteiger partial charge >= 0.3 is 0 Å². The maximum atomic E-state index is 5.47. The van der Waals surface area contributed by atoms with Gasteiger partial charge in [0, 0.05) is 10.9 Å². The molecule has 3 heterocycles. The molecule has 2 N–H and O–H groups in total. The number of aromatic nitrogens is 2. The predicted molar refractivity (Wildman–Crippen MR) is 98.0 cm³/mol. The third-order valence-electron chi connectivity index (χ3n) is 5.38. The first-order valence-electron chi connectivity index (χ1n) is 9.15. The molecule has 2 aromatic rings. The van der Waals surface area contributed by atoms with E-state index in [0.29, 0.717) is 6.04 Å². The number of nitrogens with one attached hydrogen (secondary N) is 2. The summed E-state index contributed by atoms with van der Waals surface area (Å²) in [5.41, 5.74) is 1.33. The van der Waals surface area contributed by atoms with Crippen molar-refractivity contribution in [2.24, 2.45) is 0 Å². The van der Waals surface area contributed by atoms with Crippen molar-refractivity contribution in [2.45, 2.75) is 52.1 Å². The van der Waals surface area contributed by atoms with Crippen molar-refractivity contribution in [2.75, 3.05) is 31.6 Å². The van der Waals surface area contributed by atoms with Crippen LogP contribution < -0.4 is 10.2 Å². The zero-order chi connectivity index (χ0) is 16.5. The van der Waals surface area contributed by atoms with Crippen LogP contribution in [0.1, 0.15) is 41.9 Å². The minimum atomic E-state index is 0.575. The Morgan fingerprint density at radius 2 is 1.92 bits per heavy atom. The average Bonchev–Trinajstić information content (AvgIpc) is 3.17. The lowest BCUT2D eigenvalue weighted by molar-refractivity contribution is -0.922. The number of ether oxygens (including phenoxy) is 1. The lowest BCUT2D eigenvalue weighted by Crippen LogP contribution is -3.12. The standard InChI is InChI=1S/C18H26N4OS/c1-12-13(2)24-18-16(12)17(19-14-5-3-4-6-14)20-15(21-18)11-22-7-9-23-10-8-22/h14H,3-11H2,1-2H3,(H,19,20,21)/p+1. The zero-order valence-electron chi connectivity index (χ0n) is 14.7. The number of morpholine rings is 1. The predicted octanol–water partition coefficient (Wildman–Crippen LogP) is 2.08. The molecule has 1 aliphatic heterocycles. The summed E-state index contributed by atoms with van der Waals surface area (Å²) in [6, 6.07) is 0.575. The third kappa shape index (κ3) is 3.27. The fourth-order valence-corrected chi connectivity index (χ4v) is 4.85. The molecule has 1 aliphatic carbocycles. The maximum absolute atomic E-state index is 5.47. The smallest absolute Gasteiger partial charge is 0.187 e. The van der Waals surface area contributed by atoms with Crippen LogP contribution in [-0.4, -0.2) is 42.3 Å². The van der Waals surface area contributed by atoms with Crippen LogP contribution in [0.5, 0.6) is 0 Å². The number of fused-ring (bicyclic) bond motifs is 1. The van der Waals surface area contributed by atoms with E-state index >= 15 is 0 Å². The molecule has 1 saturated heterocycles. The fourth-order valence-electron chi connectivity index (χ4n) is 3.80. The van der Waals surface area contributed by atoms with Crippen LogP contribution in [0.15, 0.2) is 0 Å². The molecule has 1 saturated carbocycles. The van der Waals surface area contributed by atoms with Crippen LogP contribution in [0.25, 0.3) is 10.2 Å². The Morgan fingerprint density at radius 1 is 1.17 bits per heavy atom. The van der Waals surface area contributed by atoms with Crippen LogP contribution in [0.4, 0.5) is 5.82 Å². The summed E-state index contributed by atoms with van der Waals surface area (Å²) in [5.74, 6) is 2.04. The molecule has 2 aromatic heterocycles. The van der Waals surface area contributed by atoms with Crippen molar-refractivity contribution in [1.82, 2.24) is 9.97 Å². The second kappa shape index (κ2) is 6.94. The molecule has 0 aromatic carbocycles. The van der Waals surface area contributed by atoms with Gasteiger partial charge in [-0.05, 0) is 32.3 Å². The molecule has 24 heavy (non-hydrogen) atoms. The summed E-state index contributed by atoms with van der Waals surface area (Å²) < 4.78 is 5.47. The average molecular weight is 348 g/mol. The van der Waals surface area contributed by atoms with E-state index < -0.39 is 0 Å². The molecular weight excluding hydrogens is 320 g/mol. The highest BCUT2D eigenvalue weighted by atomic mass is 32.1. The van der Waals surface area contributed by atoms with Crippen LogP contribution in [0, 0.1) is 13.8 Å². The summed E-state index contributed by atoms with van der Waals surface area (Å²) in [7, 11) is 0. The summed E-state index contributed by atoms with van der Waals surface area (Å²) in [6.45, 7) is 9.08. The quantitative estimate of drug-likeness (QED) is 0.889. The molecule has 2 fully saturated rings. The van der Waals surface area contributed by atoms with Crippen molar-refractivity contribution in [3.05, 3.63) is 16.3 Å². The minimum absolute atomic E-state index is 0.575. The Kier molecular flexibility index (Phi) is 4.70. The van der Waals surface area contributed by atoms with Gasteiger partial charge in [-0.3, -0.25) is 0 Å². The van der Waals surface area contributed by atoms with Gasteiger partial charge in [-0.2, -0.15) is 0 Å². The van der Waals surface area contributed by atoms with E-state index in [2.05, 4.69) is 19.2 Å². The Morgan fingerprint density at radius 3 is 2.67 bits per heavy atom. The van der Waals surface area contributed by atoms with E-state index in [4.69, 9.17) is 14.7 Å². The van der Waals surface area contributed by atoms with E-state index in [9.17, 15) is 0 Å². The largest absolute Gasteiger partial charge is 0.370 e. The van der Waals surface area contributed by atoms with Gasteiger partial charge in [-0.25, -0.2) is 9.97 Å². The van der Waals surface area contributed by atoms with Crippen LogP contribution in [0.3, 0.4) is 0 Å². The van der Waals surface area contributed by atoms with Gasteiger partial charge in [0.15, 0.2) is 5.82 Å². The van der Waals surface area contributed by atoms with Crippen molar-refractivity contribution >= 4 is 27.4 Å². The molecule has 0 bridgehead atoms. The van der Waals surface area contributed by atoms with Gasteiger partial charge in [-0.1, -0.05) is 12.8 Å². The number of hydrogen-bond acceptors (Lipinski definition) is 5. The van der Waals surface area contributed by atoms with Gasteiger partial charge in [0.2, 0.25) is 0 Å². The van der Waals surface area contributed by atoms with Gasteiger partial charge in [0.25, 0.3) is 0 Å². The van der Waals surface area contributed by atoms with E-state index in [1.165, 1.54) is 46.4 Å². The molecule has 5 nitrogen and oxygen atoms in total. The normalized spacial score (nSPS) is 20.1. The number of hydrogen-bond donors (Lipinski definition) is 2. The van der Waals surface area contributed by atoms with Gasteiger partial charge in [0.1, 0.15) is 30.3 Å². The van der Waals surface area contributed by atoms with Gasteiger partial charge < -0.3 is 15.0 Å². The molecule has 0 radical (unpaired) electrons. The second-order valence-electron chi connectivity index (χ2n) is 7.12. The van der Waals surface area contributed by atoms with Crippen LogP contribution in [-0.2, 0) is 11.3 Å². The van der Waals surface area contributed by atoms with Crippen molar-refractivity contribution in [1.29, 1.82) is 0 Å². The summed E-state index contributed by atoms with van der Waals surface area (Å²) >= 11 is 1.80. The van der Waals surface area contributed by atoms with E-state index in [1.807, 2.05) is 0 Å². The van der Waals surface area contributed by atoms with Crippen molar-refractivity contribution < 1.29 is 9.64 Å². The monoisotopic (exact) mass is 347 g/mol. The van der Waals surface area contributed by atoms with Crippen molar-refractivity contribution in [3.8, 4) is 0 Å². The minimum Gasteiger partial charge on any atom is -0.370 e. The molecule has 6 heteroatoms. The number of thiophene rings is 1. The van der Waals surface area contributed by atoms with E-state index in [1.54, 1.807) is 11.3 Å². The van der Waals surface area contributed by atoms with Gasteiger partial charge in [-0.15, -0.1) is 11.3 Å². The molecule has 0 atom stereocenters. The number of anilines is 1. The number of quaternary nitrogens is 1. The molecule has 4 rings (SSSR count). The van der Waals surface area contributed by atoms with Crippen molar-refractivity contribution in [3.63, 3.8) is 0 Å². The Bertz CT molecular complexity index is 717. The van der Waals surface area contributed by atoms with Gasteiger partial charge in [0.05, 0.1) is 18.6 Å². The van der Waals surface area contributed by atoms with E-state index in [-0.39, 0.29) is 0 Å². The first kappa shape index (κ1) is 16.2. The highest BCUT2D eigenvalue weighted by Crippen LogP contribution is 2.34. The molecule has 130 valence electrons. The first-order valence-corrected chi connectivity index (χ1v) is 9.97. The molecule has 0 unspecified atom stereocenters. The Balaban J connectivity index is 1.66. The highest BCUT2D eigenvalue weighted by molar-refractivity contribution is 7.18. The SMILES string of the molecule is Cc1sc2nc(C[NH+]3CCOCC3)nc(NC3CCCC3)c2c1C. The topological polar surface area (TPSA) is 51.5 Å². The van der Waals surface area contributed by atoms with Crippen LogP contribution in [0.2, 0.25) is 0 Å². The maximum Gasteiger partial charge on any atom is 0.187 e. The first-order chi connectivity index (χ1) is 11.7. The molecular formula is C18H27N4OS+. The summed E-state index contributed by atoms with van der Waals surface area (Å²) in [4.78, 5) is 13.9. The molecule has 0 amide bonds. The zero-order valence-corrected chi connectivity index (χ0v) is 15.5. The number of aryl methyl sites for hydroxylation is 2. The number of nitrogens with zero attached hydrogens (tertiary/aromatic N) is 2. The highest BCUT2D eigenvalue weighted by Gasteiger charge is 2.22. The molecule has 0 spiro atoms. The van der Waals surface area contributed by atoms with E-state index in [0.717, 1.165) is 49.3 Å². The Labute approximate surface area is 147 Å². The summed E-state index contributed by atoms with van der Waals surface area (Å²) in [5, 5.41) is 4.98. The van der Waals surface area contributed by atoms with Crippen LogP contribution >= 0.6 is 11.3 Å². The lowest BCUT2D eigenvalue weighted by atomic mass is 10.2. The number of rotatable bonds is 4.